The topological polar surface area (TPSA) is 99.1 Å². The van der Waals surface area contributed by atoms with Crippen LogP contribution in [0.25, 0.3) is 0 Å². The van der Waals surface area contributed by atoms with Gasteiger partial charge >= 0.3 is 17.9 Å². The molecule has 158 valence electrons. The average molecular weight is 404 g/mol. The van der Waals surface area contributed by atoms with Crippen LogP contribution in [0.5, 0.6) is 0 Å². The largest absolute Gasteiger partial charge is 0.458 e. The third-order valence-electron chi connectivity index (χ3n) is 6.33. The zero-order valence-corrected chi connectivity index (χ0v) is 17.6. The van der Waals surface area contributed by atoms with Crippen LogP contribution < -0.4 is 0 Å². The van der Waals surface area contributed by atoms with Crippen molar-refractivity contribution in [3.8, 4) is 0 Å². The van der Waals surface area contributed by atoms with Gasteiger partial charge in [0.1, 0.15) is 12.2 Å². The normalized spacial score (nSPS) is 38.9. The highest BCUT2D eigenvalue weighted by Crippen LogP contribution is 2.50. The zero-order valence-electron chi connectivity index (χ0n) is 17.6. The van der Waals surface area contributed by atoms with E-state index >= 15 is 0 Å². The molecule has 7 atom stereocenters. The second-order valence-electron chi connectivity index (χ2n) is 8.31. The summed E-state index contributed by atoms with van der Waals surface area (Å²) in [5.41, 5.74) is 0.534. The number of carbonyl (C=O) groups excluding carboxylic acids is 3. The maximum atomic E-state index is 12.7. The number of esters is 3. The van der Waals surface area contributed by atoms with Crippen LogP contribution in [0.2, 0.25) is 0 Å². The van der Waals surface area contributed by atoms with Gasteiger partial charge in [-0.15, -0.1) is 0 Å². The zero-order chi connectivity index (χ0) is 21.7. The first-order valence-electron chi connectivity index (χ1n) is 9.83. The van der Waals surface area contributed by atoms with Crippen molar-refractivity contribution in [3.05, 3.63) is 34.9 Å². The summed E-state index contributed by atoms with van der Waals surface area (Å²) >= 11 is 0. The summed E-state index contributed by atoms with van der Waals surface area (Å²) in [6.07, 6.45) is 2.62. The van der Waals surface area contributed by atoms with E-state index in [2.05, 4.69) is 0 Å². The predicted octanol–water partition coefficient (Wildman–Crippen LogP) is 2.24. The monoisotopic (exact) mass is 404 g/mol. The van der Waals surface area contributed by atoms with Crippen molar-refractivity contribution < 1.29 is 33.7 Å². The molecule has 3 rings (SSSR count). The molecular weight excluding hydrogens is 376 g/mol. The number of ether oxygens (including phenoxy) is 3. The van der Waals surface area contributed by atoms with Crippen molar-refractivity contribution in [2.45, 2.75) is 65.5 Å². The Morgan fingerprint density at radius 3 is 2.52 bits per heavy atom. The van der Waals surface area contributed by atoms with Gasteiger partial charge in [-0.25, -0.2) is 4.79 Å². The summed E-state index contributed by atoms with van der Waals surface area (Å²) in [4.78, 5) is 36.9. The lowest BCUT2D eigenvalue weighted by Gasteiger charge is -2.37. The van der Waals surface area contributed by atoms with Crippen LogP contribution >= 0.6 is 0 Å². The molecule has 2 aliphatic carbocycles. The number of hydrogen-bond acceptors (Lipinski definition) is 7. The summed E-state index contributed by atoms with van der Waals surface area (Å²) in [5.74, 6) is -3.25. The molecule has 7 heteroatoms. The number of carbonyl (C=O) groups is 3. The Morgan fingerprint density at radius 2 is 1.93 bits per heavy atom. The number of aliphatic hydroxyl groups is 1. The van der Waals surface area contributed by atoms with Crippen molar-refractivity contribution in [1.82, 2.24) is 0 Å². The molecule has 0 aromatic carbocycles. The number of hydrogen-bond donors (Lipinski definition) is 1. The highest BCUT2D eigenvalue weighted by Gasteiger charge is 2.60. The van der Waals surface area contributed by atoms with Crippen molar-refractivity contribution in [1.29, 1.82) is 0 Å². The van der Waals surface area contributed by atoms with E-state index in [0.717, 1.165) is 5.57 Å². The van der Waals surface area contributed by atoms with Crippen LogP contribution in [0.15, 0.2) is 34.9 Å². The van der Waals surface area contributed by atoms with Crippen LogP contribution in [-0.4, -0.2) is 46.9 Å². The van der Waals surface area contributed by atoms with Crippen molar-refractivity contribution >= 4 is 17.9 Å². The number of fused-ring (bicyclic) bond motifs is 2. The molecule has 0 spiro atoms. The van der Waals surface area contributed by atoms with E-state index < -0.39 is 59.6 Å². The Kier molecular flexibility index (Phi) is 5.47. The maximum absolute atomic E-state index is 12.7. The molecular formula is C22H28O7. The molecule has 1 N–H and O–H groups in total. The summed E-state index contributed by atoms with van der Waals surface area (Å²) in [7, 11) is 0. The lowest BCUT2D eigenvalue weighted by Crippen LogP contribution is -2.48. The van der Waals surface area contributed by atoms with Gasteiger partial charge in [0.15, 0.2) is 6.10 Å². The first-order valence-corrected chi connectivity index (χ1v) is 9.83. The minimum atomic E-state index is -1.30. The molecule has 0 aromatic heterocycles. The molecule has 0 unspecified atom stereocenters. The molecule has 1 saturated heterocycles. The summed E-state index contributed by atoms with van der Waals surface area (Å²) in [5, 5.41) is 11.1. The fourth-order valence-corrected chi connectivity index (χ4v) is 4.61. The fraction of sp³-hybridized carbons (Fsp3) is 0.591. The quantitative estimate of drug-likeness (QED) is 0.437. The molecule has 7 nitrogen and oxygen atoms in total. The van der Waals surface area contributed by atoms with Gasteiger partial charge in [0.2, 0.25) is 0 Å². The van der Waals surface area contributed by atoms with Gasteiger partial charge in [0.25, 0.3) is 0 Å². The Balaban J connectivity index is 2.17. The highest BCUT2D eigenvalue weighted by molar-refractivity contribution is 5.88. The predicted molar refractivity (Wildman–Crippen MR) is 103 cm³/mol. The minimum absolute atomic E-state index is 0.424. The van der Waals surface area contributed by atoms with Crippen molar-refractivity contribution in [2.75, 3.05) is 0 Å². The molecule has 0 aromatic rings. The van der Waals surface area contributed by atoms with Crippen LogP contribution in [0.1, 0.15) is 41.5 Å². The second-order valence-corrected chi connectivity index (χ2v) is 8.31. The first kappa shape index (κ1) is 21.3. The van der Waals surface area contributed by atoms with E-state index in [1.54, 1.807) is 52.8 Å². The lowest BCUT2D eigenvalue weighted by molar-refractivity contribution is -0.164. The van der Waals surface area contributed by atoms with E-state index in [1.165, 1.54) is 6.92 Å². The van der Waals surface area contributed by atoms with E-state index in [9.17, 15) is 19.5 Å². The lowest BCUT2D eigenvalue weighted by atomic mass is 9.75. The van der Waals surface area contributed by atoms with Crippen LogP contribution in [0.4, 0.5) is 0 Å². The third kappa shape index (κ3) is 3.52. The first-order chi connectivity index (χ1) is 13.5. The molecule has 0 amide bonds. The molecule has 0 bridgehead atoms. The summed E-state index contributed by atoms with van der Waals surface area (Å²) in [6, 6.07) is 0. The Hall–Kier alpha value is -2.41. The highest BCUT2D eigenvalue weighted by atomic mass is 16.6. The van der Waals surface area contributed by atoms with Gasteiger partial charge in [0, 0.05) is 12.5 Å². The summed E-state index contributed by atoms with van der Waals surface area (Å²) in [6.45, 7) is 9.81. The van der Waals surface area contributed by atoms with Gasteiger partial charge in [-0.05, 0) is 38.8 Å². The van der Waals surface area contributed by atoms with Gasteiger partial charge in [-0.2, -0.15) is 0 Å². The Morgan fingerprint density at radius 1 is 1.28 bits per heavy atom. The molecule has 1 fully saturated rings. The van der Waals surface area contributed by atoms with E-state index in [-0.39, 0.29) is 0 Å². The van der Waals surface area contributed by atoms with Crippen LogP contribution in [-0.2, 0) is 28.6 Å². The Labute approximate surface area is 170 Å². The molecule has 1 heterocycles. The van der Waals surface area contributed by atoms with Gasteiger partial charge in [0.05, 0.1) is 23.4 Å². The fourth-order valence-electron chi connectivity index (χ4n) is 4.61. The van der Waals surface area contributed by atoms with E-state index in [0.29, 0.717) is 11.1 Å². The number of allylic oxidation sites excluding steroid dienone is 2. The van der Waals surface area contributed by atoms with Gasteiger partial charge in [-0.3, -0.25) is 9.59 Å². The van der Waals surface area contributed by atoms with Gasteiger partial charge in [-0.1, -0.05) is 25.2 Å². The van der Waals surface area contributed by atoms with Crippen LogP contribution in [0.3, 0.4) is 0 Å². The molecule has 1 aliphatic heterocycles. The molecule has 0 saturated carbocycles. The molecule has 3 aliphatic rings. The van der Waals surface area contributed by atoms with E-state index in [4.69, 9.17) is 14.2 Å². The second kappa shape index (κ2) is 7.44. The minimum Gasteiger partial charge on any atom is -0.458 e. The van der Waals surface area contributed by atoms with Crippen molar-refractivity contribution in [2.24, 2.45) is 17.8 Å². The number of rotatable bonds is 3. The maximum Gasteiger partial charge on any atom is 0.333 e. The summed E-state index contributed by atoms with van der Waals surface area (Å²) < 4.78 is 17.1. The smallest absolute Gasteiger partial charge is 0.333 e. The van der Waals surface area contributed by atoms with Crippen LogP contribution in [0, 0.1) is 17.8 Å². The Bertz CT molecular complexity index is 832. The third-order valence-corrected chi connectivity index (χ3v) is 6.33. The molecule has 29 heavy (non-hydrogen) atoms. The molecule has 0 radical (unpaired) electrons. The average Bonchev–Trinajstić information content (AvgIpc) is 3.09. The van der Waals surface area contributed by atoms with Gasteiger partial charge < -0.3 is 19.3 Å². The van der Waals surface area contributed by atoms with E-state index in [1.807, 2.05) is 0 Å². The standard InChI is InChI=1S/C22H28O7/c1-7-10(2)20(24)28-18-15-12(4)21(25)29-19(15)17(27-13(5)23)11(3)14-8-9-22(6,26)16(14)18/h7-9,12,15-19,26H,1-6H3/b10-7+/t12-,15-,16-,17-,18-,19+,22+/m0/s1. The SMILES string of the molecule is C/C=C(\C)C(=O)O[C@H]1[C@H]2[C@@H](OC(=O)[C@H]2C)[C@@H](OC(C)=O)C(C)=C2C=C[C@@](C)(O)[C@@H]21. The van der Waals surface area contributed by atoms with Crippen molar-refractivity contribution in [3.63, 3.8) is 0 Å².